The maximum Gasteiger partial charge on any atom is 0.315 e. The van der Waals surface area contributed by atoms with Crippen molar-refractivity contribution in [1.29, 1.82) is 0 Å². The SMILES string of the molecule is O=c1[nH]c(-c2ccccc2)nc2c1CN(Cc1coc3c([N+](=O)[O-])cc(F)cc3c1=O)CC2. The Labute approximate surface area is 185 Å². The maximum atomic E-state index is 13.9. The molecular formula is C23H17FN4O5. The van der Waals surface area contributed by atoms with Gasteiger partial charge in [0.2, 0.25) is 5.58 Å². The summed E-state index contributed by atoms with van der Waals surface area (Å²) in [5, 5.41) is 11.0. The number of hydrogen-bond acceptors (Lipinski definition) is 7. The largest absolute Gasteiger partial charge is 0.456 e. The fraction of sp³-hybridized carbons (Fsp3) is 0.174. The van der Waals surface area contributed by atoms with E-state index in [1.54, 1.807) is 0 Å². The molecule has 0 fully saturated rings. The normalized spacial score (nSPS) is 13.7. The van der Waals surface area contributed by atoms with Gasteiger partial charge in [-0.1, -0.05) is 30.3 Å². The molecule has 9 nitrogen and oxygen atoms in total. The number of non-ortho nitro benzene ring substituents is 1. The van der Waals surface area contributed by atoms with Crippen LogP contribution in [0.25, 0.3) is 22.4 Å². The lowest BCUT2D eigenvalue weighted by Crippen LogP contribution is -2.36. The summed E-state index contributed by atoms with van der Waals surface area (Å²) in [5.74, 6) is -0.385. The number of H-pyrrole nitrogens is 1. The molecule has 3 heterocycles. The number of nitrogens with zero attached hydrogens (tertiary/aromatic N) is 3. The molecule has 0 bridgehead atoms. The van der Waals surface area contributed by atoms with Crippen LogP contribution in [0.5, 0.6) is 0 Å². The van der Waals surface area contributed by atoms with Gasteiger partial charge in [0.1, 0.15) is 11.6 Å². The zero-order valence-corrected chi connectivity index (χ0v) is 17.2. The van der Waals surface area contributed by atoms with Crippen LogP contribution in [0.3, 0.4) is 0 Å². The standard InChI is InChI=1S/C23H17FN4O5/c24-15-8-16-20(29)14(12-33-21(16)19(9-15)28(31)32)10-27-7-6-18-17(11-27)23(30)26-22(25-18)13-4-2-1-3-5-13/h1-5,8-9,12H,6-7,10-11H2,(H,25,26,30). The topological polar surface area (TPSA) is 122 Å². The van der Waals surface area contributed by atoms with Gasteiger partial charge in [-0.05, 0) is 6.07 Å². The molecule has 33 heavy (non-hydrogen) atoms. The van der Waals surface area contributed by atoms with Gasteiger partial charge in [-0.25, -0.2) is 9.37 Å². The molecule has 0 radical (unpaired) electrons. The van der Waals surface area contributed by atoms with Gasteiger partial charge in [-0.2, -0.15) is 0 Å². The molecular weight excluding hydrogens is 431 g/mol. The molecule has 166 valence electrons. The van der Waals surface area contributed by atoms with Crippen molar-refractivity contribution in [2.45, 2.75) is 19.5 Å². The predicted molar refractivity (Wildman–Crippen MR) is 117 cm³/mol. The second-order valence-electron chi connectivity index (χ2n) is 7.82. The smallest absolute Gasteiger partial charge is 0.315 e. The highest BCUT2D eigenvalue weighted by molar-refractivity contribution is 5.85. The molecule has 0 atom stereocenters. The van der Waals surface area contributed by atoms with E-state index in [2.05, 4.69) is 9.97 Å². The van der Waals surface area contributed by atoms with Crippen LogP contribution in [0.2, 0.25) is 0 Å². The van der Waals surface area contributed by atoms with E-state index in [9.17, 15) is 24.1 Å². The summed E-state index contributed by atoms with van der Waals surface area (Å²) in [4.78, 5) is 45.3. The van der Waals surface area contributed by atoms with Gasteiger partial charge < -0.3 is 9.40 Å². The summed E-state index contributed by atoms with van der Waals surface area (Å²) in [7, 11) is 0. The number of aromatic nitrogens is 2. The minimum absolute atomic E-state index is 0.141. The molecule has 1 N–H and O–H groups in total. The van der Waals surface area contributed by atoms with Crippen molar-refractivity contribution >= 4 is 16.7 Å². The van der Waals surface area contributed by atoms with Gasteiger partial charge in [0.15, 0.2) is 5.43 Å². The lowest BCUT2D eigenvalue weighted by atomic mass is 10.1. The van der Waals surface area contributed by atoms with Crippen LogP contribution in [-0.2, 0) is 19.5 Å². The number of rotatable bonds is 4. The first-order valence-corrected chi connectivity index (χ1v) is 10.2. The van der Waals surface area contributed by atoms with Crippen molar-refractivity contribution in [2.75, 3.05) is 6.54 Å². The summed E-state index contributed by atoms with van der Waals surface area (Å²) >= 11 is 0. The van der Waals surface area contributed by atoms with E-state index in [0.29, 0.717) is 30.0 Å². The quantitative estimate of drug-likeness (QED) is 0.376. The lowest BCUT2D eigenvalue weighted by molar-refractivity contribution is -0.383. The molecule has 0 unspecified atom stereocenters. The molecule has 2 aromatic heterocycles. The van der Waals surface area contributed by atoms with E-state index >= 15 is 0 Å². The minimum Gasteiger partial charge on any atom is -0.456 e. The first-order chi connectivity index (χ1) is 15.9. The Hall–Kier alpha value is -4.18. The van der Waals surface area contributed by atoms with Gasteiger partial charge in [-0.3, -0.25) is 24.6 Å². The fourth-order valence-electron chi connectivity index (χ4n) is 4.06. The molecule has 1 aliphatic heterocycles. The average Bonchev–Trinajstić information content (AvgIpc) is 2.81. The number of benzene rings is 2. The number of aromatic amines is 1. The van der Waals surface area contributed by atoms with E-state index in [1.807, 2.05) is 35.2 Å². The van der Waals surface area contributed by atoms with Gasteiger partial charge >= 0.3 is 5.69 Å². The van der Waals surface area contributed by atoms with Gasteiger partial charge in [0.25, 0.3) is 5.56 Å². The first kappa shape index (κ1) is 20.7. The Balaban J connectivity index is 1.44. The summed E-state index contributed by atoms with van der Waals surface area (Å²) in [6.07, 6.45) is 1.67. The van der Waals surface area contributed by atoms with Crippen molar-refractivity contribution < 1.29 is 13.7 Å². The summed E-state index contributed by atoms with van der Waals surface area (Å²) in [6, 6.07) is 11.0. The number of nitrogens with one attached hydrogen (secondary N) is 1. The van der Waals surface area contributed by atoms with Gasteiger partial charge in [0, 0.05) is 37.2 Å². The Morgan fingerprint density at radius 3 is 2.76 bits per heavy atom. The molecule has 10 heteroatoms. The van der Waals surface area contributed by atoms with Crippen molar-refractivity contribution in [1.82, 2.24) is 14.9 Å². The number of nitro benzene ring substituents is 1. The highest BCUT2D eigenvalue weighted by atomic mass is 19.1. The average molecular weight is 448 g/mol. The number of halogens is 1. The zero-order chi connectivity index (χ0) is 23.1. The Kier molecular flexibility index (Phi) is 5.06. The van der Waals surface area contributed by atoms with Gasteiger partial charge in [0.05, 0.1) is 33.9 Å². The zero-order valence-electron chi connectivity index (χ0n) is 17.2. The monoisotopic (exact) mass is 448 g/mol. The Morgan fingerprint density at radius 2 is 2.00 bits per heavy atom. The van der Waals surface area contributed by atoms with Crippen molar-refractivity contribution in [3.05, 3.63) is 102 Å². The van der Waals surface area contributed by atoms with Crippen molar-refractivity contribution in [2.24, 2.45) is 0 Å². The molecule has 2 aromatic carbocycles. The molecule has 5 rings (SSSR count). The predicted octanol–water partition coefficient (Wildman–Crippen LogP) is 3.15. The summed E-state index contributed by atoms with van der Waals surface area (Å²) in [6.45, 7) is 0.952. The van der Waals surface area contributed by atoms with E-state index < -0.39 is 21.9 Å². The van der Waals surface area contributed by atoms with E-state index in [1.165, 1.54) is 0 Å². The highest BCUT2D eigenvalue weighted by Gasteiger charge is 2.24. The molecule has 4 aromatic rings. The fourth-order valence-corrected chi connectivity index (χ4v) is 4.06. The van der Waals surface area contributed by atoms with E-state index in [-0.39, 0.29) is 35.2 Å². The van der Waals surface area contributed by atoms with Crippen LogP contribution in [0.1, 0.15) is 16.8 Å². The van der Waals surface area contributed by atoms with Crippen LogP contribution in [0.15, 0.2) is 62.7 Å². The van der Waals surface area contributed by atoms with Crippen LogP contribution in [0.4, 0.5) is 10.1 Å². The van der Waals surface area contributed by atoms with Crippen LogP contribution < -0.4 is 11.0 Å². The molecule has 0 saturated carbocycles. The summed E-state index contributed by atoms with van der Waals surface area (Å²) in [5.41, 5.74) is 0.597. The molecule has 0 spiro atoms. The minimum atomic E-state index is -0.891. The van der Waals surface area contributed by atoms with Crippen molar-refractivity contribution in [3.63, 3.8) is 0 Å². The molecule has 0 amide bonds. The number of hydrogen-bond donors (Lipinski definition) is 1. The second-order valence-corrected chi connectivity index (χ2v) is 7.82. The third-order valence-electron chi connectivity index (χ3n) is 5.67. The maximum absolute atomic E-state index is 13.9. The van der Waals surface area contributed by atoms with Crippen LogP contribution >= 0.6 is 0 Å². The third-order valence-corrected chi connectivity index (χ3v) is 5.67. The van der Waals surface area contributed by atoms with E-state index in [4.69, 9.17) is 4.42 Å². The second kappa shape index (κ2) is 8.06. The van der Waals surface area contributed by atoms with E-state index in [0.717, 1.165) is 24.0 Å². The first-order valence-electron chi connectivity index (χ1n) is 10.2. The van der Waals surface area contributed by atoms with Crippen LogP contribution in [0, 0.1) is 15.9 Å². The van der Waals surface area contributed by atoms with Gasteiger partial charge in [-0.15, -0.1) is 0 Å². The Morgan fingerprint density at radius 1 is 1.21 bits per heavy atom. The van der Waals surface area contributed by atoms with Crippen LogP contribution in [-0.4, -0.2) is 26.3 Å². The van der Waals surface area contributed by atoms with Crippen molar-refractivity contribution in [3.8, 4) is 11.4 Å². The number of fused-ring (bicyclic) bond motifs is 2. The highest BCUT2D eigenvalue weighted by Crippen LogP contribution is 2.26. The lowest BCUT2D eigenvalue weighted by Gasteiger charge is -2.27. The molecule has 0 aliphatic carbocycles. The number of nitro groups is 1. The molecule has 1 aliphatic rings. The third kappa shape index (κ3) is 3.80. The summed E-state index contributed by atoms with van der Waals surface area (Å²) < 4.78 is 19.2. The molecule has 0 saturated heterocycles. The Bertz CT molecular complexity index is 1510.